The molecule has 0 aromatic carbocycles. The molecule has 1 aliphatic heterocycles. The highest BCUT2D eigenvalue weighted by Gasteiger charge is 2.11. The second-order valence-electron chi connectivity index (χ2n) is 3.53. The minimum absolute atomic E-state index is 1.03. The van der Waals surface area contributed by atoms with Crippen molar-refractivity contribution in [2.24, 2.45) is 0 Å². The number of nitrogens with zero attached hydrogens (tertiary/aromatic N) is 2. The van der Waals surface area contributed by atoms with Crippen LogP contribution >= 0.6 is 0 Å². The molecule has 0 amide bonds. The summed E-state index contributed by atoms with van der Waals surface area (Å²) in [5, 5.41) is 0. The van der Waals surface area contributed by atoms with Crippen LogP contribution in [0.2, 0.25) is 0 Å². The van der Waals surface area contributed by atoms with Crippen LogP contribution in [0.5, 0.6) is 0 Å². The fourth-order valence-electron chi connectivity index (χ4n) is 1.75. The molecule has 0 unspecified atom stereocenters. The summed E-state index contributed by atoms with van der Waals surface area (Å²) < 4.78 is 0. The zero-order valence-electron chi connectivity index (χ0n) is 8.41. The van der Waals surface area contributed by atoms with E-state index in [0.29, 0.717) is 0 Å². The molecule has 0 atom stereocenters. The number of rotatable bonds is 4. The lowest BCUT2D eigenvalue weighted by molar-refractivity contribution is 0.286. The van der Waals surface area contributed by atoms with Crippen molar-refractivity contribution in [3.05, 3.63) is 25.3 Å². The minimum atomic E-state index is 1.03. The van der Waals surface area contributed by atoms with Gasteiger partial charge in [-0.2, -0.15) is 0 Å². The third-order valence-corrected chi connectivity index (χ3v) is 2.46. The molecule has 1 rings (SSSR count). The second-order valence-corrected chi connectivity index (χ2v) is 3.53. The van der Waals surface area contributed by atoms with E-state index in [0.717, 1.165) is 13.1 Å². The highest BCUT2D eigenvalue weighted by molar-refractivity contribution is 4.80. The molecular formula is C11H20N2. The van der Waals surface area contributed by atoms with E-state index in [4.69, 9.17) is 0 Å². The maximum Gasteiger partial charge on any atom is 0.0161 e. The Labute approximate surface area is 81.5 Å². The predicted molar refractivity (Wildman–Crippen MR) is 57.9 cm³/mol. The smallest absolute Gasteiger partial charge is 0.0161 e. The molecule has 0 aromatic heterocycles. The standard InChI is InChI=1S/C11H20N2/c1-3-6-12-8-5-9-13(7-4-2)11-10-12/h3-4H,1-2,5-11H2. The quantitative estimate of drug-likeness (QED) is 0.603. The average molecular weight is 180 g/mol. The molecule has 0 saturated carbocycles. The van der Waals surface area contributed by atoms with Crippen LogP contribution in [0.4, 0.5) is 0 Å². The second kappa shape index (κ2) is 5.95. The molecular weight excluding hydrogens is 160 g/mol. The van der Waals surface area contributed by atoms with Gasteiger partial charge in [0, 0.05) is 26.2 Å². The molecule has 1 fully saturated rings. The fraction of sp³-hybridized carbons (Fsp3) is 0.636. The van der Waals surface area contributed by atoms with Crippen LogP contribution in [0.25, 0.3) is 0 Å². The van der Waals surface area contributed by atoms with Gasteiger partial charge in [-0.3, -0.25) is 9.80 Å². The lowest BCUT2D eigenvalue weighted by Gasteiger charge is -2.19. The van der Waals surface area contributed by atoms with Crippen LogP contribution in [-0.4, -0.2) is 49.1 Å². The van der Waals surface area contributed by atoms with Crippen molar-refractivity contribution in [3.63, 3.8) is 0 Å². The van der Waals surface area contributed by atoms with Gasteiger partial charge in [-0.05, 0) is 19.5 Å². The molecule has 0 spiro atoms. The maximum atomic E-state index is 3.77. The molecule has 0 radical (unpaired) electrons. The molecule has 1 aliphatic rings. The van der Waals surface area contributed by atoms with Crippen molar-refractivity contribution in [3.8, 4) is 0 Å². The first kappa shape index (κ1) is 10.5. The predicted octanol–water partition coefficient (Wildman–Crippen LogP) is 1.37. The Morgan fingerprint density at radius 1 is 0.846 bits per heavy atom. The van der Waals surface area contributed by atoms with Gasteiger partial charge in [0.1, 0.15) is 0 Å². The lowest BCUT2D eigenvalue weighted by atomic mass is 10.4. The fourth-order valence-corrected chi connectivity index (χ4v) is 1.75. The lowest BCUT2D eigenvalue weighted by Crippen LogP contribution is -2.30. The van der Waals surface area contributed by atoms with Crippen LogP contribution in [0.3, 0.4) is 0 Å². The summed E-state index contributed by atoms with van der Waals surface area (Å²) in [7, 11) is 0. The monoisotopic (exact) mass is 180 g/mol. The maximum absolute atomic E-state index is 3.77. The van der Waals surface area contributed by atoms with Crippen LogP contribution in [0.1, 0.15) is 6.42 Å². The summed E-state index contributed by atoms with van der Waals surface area (Å²) in [4.78, 5) is 4.91. The highest BCUT2D eigenvalue weighted by Crippen LogP contribution is 2.02. The normalized spacial score (nSPS) is 20.9. The first-order chi connectivity index (χ1) is 6.36. The molecule has 2 heteroatoms. The van der Waals surface area contributed by atoms with Crippen molar-refractivity contribution < 1.29 is 0 Å². The largest absolute Gasteiger partial charge is 0.298 e. The Bertz CT molecular complexity index is 147. The average Bonchev–Trinajstić information content (AvgIpc) is 2.33. The van der Waals surface area contributed by atoms with Gasteiger partial charge in [-0.15, -0.1) is 13.2 Å². The van der Waals surface area contributed by atoms with Gasteiger partial charge in [0.05, 0.1) is 0 Å². The van der Waals surface area contributed by atoms with E-state index < -0.39 is 0 Å². The van der Waals surface area contributed by atoms with Crippen molar-refractivity contribution in [1.82, 2.24) is 9.80 Å². The molecule has 0 aliphatic carbocycles. The van der Waals surface area contributed by atoms with E-state index in [1.54, 1.807) is 0 Å². The van der Waals surface area contributed by atoms with Crippen molar-refractivity contribution in [1.29, 1.82) is 0 Å². The zero-order valence-corrected chi connectivity index (χ0v) is 8.41. The Morgan fingerprint density at radius 3 is 1.69 bits per heavy atom. The van der Waals surface area contributed by atoms with Crippen molar-refractivity contribution in [2.45, 2.75) is 6.42 Å². The molecule has 2 nitrogen and oxygen atoms in total. The van der Waals surface area contributed by atoms with Gasteiger partial charge >= 0.3 is 0 Å². The van der Waals surface area contributed by atoms with E-state index in [1.807, 2.05) is 12.2 Å². The van der Waals surface area contributed by atoms with Gasteiger partial charge in [0.25, 0.3) is 0 Å². The third kappa shape index (κ3) is 3.75. The first-order valence-corrected chi connectivity index (χ1v) is 5.03. The van der Waals surface area contributed by atoms with E-state index in [9.17, 15) is 0 Å². The van der Waals surface area contributed by atoms with Gasteiger partial charge in [-0.25, -0.2) is 0 Å². The Kier molecular flexibility index (Phi) is 4.79. The molecule has 1 heterocycles. The molecule has 74 valence electrons. The Hall–Kier alpha value is -0.600. The molecule has 13 heavy (non-hydrogen) atoms. The Morgan fingerprint density at radius 2 is 1.31 bits per heavy atom. The summed E-state index contributed by atoms with van der Waals surface area (Å²) in [5.41, 5.74) is 0. The first-order valence-electron chi connectivity index (χ1n) is 5.03. The number of hydrogen-bond acceptors (Lipinski definition) is 2. The summed E-state index contributed by atoms with van der Waals surface area (Å²) in [6.07, 6.45) is 5.24. The summed E-state index contributed by atoms with van der Waals surface area (Å²) in [5.74, 6) is 0. The van der Waals surface area contributed by atoms with Gasteiger partial charge in [0.15, 0.2) is 0 Å². The van der Waals surface area contributed by atoms with Gasteiger partial charge in [-0.1, -0.05) is 12.2 Å². The van der Waals surface area contributed by atoms with E-state index in [1.165, 1.54) is 32.6 Å². The van der Waals surface area contributed by atoms with Crippen molar-refractivity contribution >= 4 is 0 Å². The van der Waals surface area contributed by atoms with Crippen LogP contribution in [0, 0.1) is 0 Å². The van der Waals surface area contributed by atoms with Crippen LogP contribution in [0.15, 0.2) is 25.3 Å². The zero-order chi connectivity index (χ0) is 9.52. The molecule has 0 N–H and O–H groups in total. The molecule has 1 saturated heterocycles. The summed E-state index contributed by atoms with van der Waals surface area (Å²) in [6.45, 7) is 14.3. The molecule has 0 aromatic rings. The third-order valence-electron chi connectivity index (χ3n) is 2.46. The van der Waals surface area contributed by atoms with E-state index in [-0.39, 0.29) is 0 Å². The van der Waals surface area contributed by atoms with Crippen molar-refractivity contribution in [2.75, 3.05) is 39.3 Å². The number of hydrogen-bond donors (Lipinski definition) is 0. The SMILES string of the molecule is C=CCN1CCCN(CC=C)CC1. The molecule has 0 bridgehead atoms. The van der Waals surface area contributed by atoms with Crippen LogP contribution < -0.4 is 0 Å². The van der Waals surface area contributed by atoms with Gasteiger partial charge < -0.3 is 0 Å². The minimum Gasteiger partial charge on any atom is -0.298 e. The highest BCUT2D eigenvalue weighted by atomic mass is 15.2. The van der Waals surface area contributed by atoms with Crippen LogP contribution in [-0.2, 0) is 0 Å². The van der Waals surface area contributed by atoms with Gasteiger partial charge in [0.2, 0.25) is 0 Å². The van der Waals surface area contributed by atoms with E-state index in [2.05, 4.69) is 23.0 Å². The Balaban J connectivity index is 2.29. The summed E-state index contributed by atoms with van der Waals surface area (Å²) in [6, 6.07) is 0. The van der Waals surface area contributed by atoms with E-state index >= 15 is 0 Å². The topological polar surface area (TPSA) is 6.48 Å². The summed E-state index contributed by atoms with van der Waals surface area (Å²) >= 11 is 0.